The first kappa shape index (κ1) is 17.5. The van der Waals surface area contributed by atoms with Crippen molar-refractivity contribution in [1.29, 1.82) is 0 Å². The van der Waals surface area contributed by atoms with Crippen molar-refractivity contribution in [3.05, 3.63) is 72.1 Å². The van der Waals surface area contributed by atoms with Crippen LogP contribution in [0.1, 0.15) is 0 Å². The summed E-state index contributed by atoms with van der Waals surface area (Å²) in [6.07, 6.45) is 0. The van der Waals surface area contributed by atoms with E-state index < -0.39 is 0 Å². The van der Waals surface area contributed by atoms with Gasteiger partial charge in [0, 0.05) is 22.7 Å². The minimum atomic E-state index is 0. The van der Waals surface area contributed by atoms with Crippen molar-refractivity contribution in [2.75, 3.05) is 12.4 Å². The van der Waals surface area contributed by atoms with Gasteiger partial charge in [0.25, 0.3) is 0 Å². The second-order valence-corrected chi connectivity index (χ2v) is 6.31. The van der Waals surface area contributed by atoms with Crippen LogP contribution in [-0.4, -0.2) is 12.1 Å². The van der Waals surface area contributed by atoms with Crippen LogP contribution in [0.25, 0.3) is 22.0 Å². The first-order valence-electron chi connectivity index (χ1n) is 7.67. The van der Waals surface area contributed by atoms with E-state index in [2.05, 4.69) is 53.2 Å². The smallest absolute Gasteiger partial charge is 0.187 e. The number of nitrogens with zero attached hydrogens (tertiary/aromatic N) is 1. The number of ether oxygens (including phenoxy) is 1. The SMILES string of the molecule is Br.COc1cccc(Nc2nc(-c3ccc4ccccc4c3)cs2)c1. The van der Waals surface area contributed by atoms with Crippen LogP contribution in [0.2, 0.25) is 0 Å². The van der Waals surface area contributed by atoms with Crippen molar-refractivity contribution < 1.29 is 4.74 Å². The zero-order valence-corrected chi connectivity index (χ0v) is 16.1. The lowest BCUT2D eigenvalue weighted by molar-refractivity contribution is 0.415. The summed E-state index contributed by atoms with van der Waals surface area (Å²) in [5, 5.41) is 8.75. The van der Waals surface area contributed by atoms with Crippen LogP contribution in [0.3, 0.4) is 0 Å². The molecule has 0 saturated heterocycles. The van der Waals surface area contributed by atoms with Crippen LogP contribution in [0, 0.1) is 0 Å². The molecule has 0 spiro atoms. The fourth-order valence-corrected chi connectivity index (χ4v) is 3.38. The summed E-state index contributed by atoms with van der Waals surface area (Å²) in [4.78, 5) is 4.70. The molecule has 25 heavy (non-hydrogen) atoms. The third-order valence-electron chi connectivity index (χ3n) is 3.87. The fourth-order valence-electron chi connectivity index (χ4n) is 2.64. The third kappa shape index (κ3) is 3.83. The second kappa shape index (κ2) is 7.68. The van der Waals surface area contributed by atoms with Gasteiger partial charge >= 0.3 is 0 Å². The van der Waals surface area contributed by atoms with Gasteiger partial charge in [0.1, 0.15) is 5.75 Å². The molecule has 4 rings (SSSR count). The van der Waals surface area contributed by atoms with Crippen LogP contribution in [0.4, 0.5) is 10.8 Å². The van der Waals surface area contributed by atoms with E-state index in [1.807, 2.05) is 24.3 Å². The first-order valence-corrected chi connectivity index (χ1v) is 8.55. The van der Waals surface area contributed by atoms with Crippen molar-refractivity contribution >= 4 is 49.9 Å². The Labute approximate surface area is 161 Å². The molecule has 0 radical (unpaired) electrons. The van der Waals surface area contributed by atoms with E-state index in [-0.39, 0.29) is 17.0 Å². The van der Waals surface area contributed by atoms with Gasteiger partial charge in [-0.3, -0.25) is 0 Å². The number of aromatic nitrogens is 1. The van der Waals surface area contributed by atoms with Gasteiger partial charge in [-0.2, -0.15) is 0 Å². The topological polar surface area (TPSA) is 34.1 Å². The van der Waals surface area contributed by atoms with Gasteiger partial charge in [0.05, 0.1) is 12.8 Å². The first-order chi connectivity index (χ1) is 11.8. The lowest BCUT2D eigenvalue weighted by atomic mass is 10.1. The maximum Gasteiger partial charge on any atom is 0.187 e. The predicted octanol–water partition coefficient (Wildman–Crippen LogP) is 6.29. The quantitative estimate of drug-likeness (QED) is 0.427. The van der Waals surface area contributed by atoms with Crippen molar-refractivity contribution in [3.8, 4) is 17.0 Å². The van der Waals surface area contributed by atoms with E-state index in [1.54, 1.807) is 18.4 Å². The minimum absolute atomic E-state index is 0. The highest BCUT2D eigenvalue weighted by Gasteiger charge is 2.06. The molecular weight excluding hydrogens is 396 g/mol. The van der Waals surface area contributed by atoms with Crippen LogP contribution in [0.5, 0.6) is 5.75 Å². The van der Waals surface area contributed by atoms with Gasteiger partial charge < -0.3 is 10.1 Å². The Hall–Kier alpha value is -2.37. The molecular formula is C20H17BrN2OS. The van der Waals surface area contributed by atoms with Gasteiger partial charge in [-0.1, -0.05) is 42.5 Å². The Balaban J connectivity index is 0.00000182. The highest BCUT2D eigenvalue weighted by molar-refractivity contribution is 8.93. The summed E-state index contributed by atoms with van der Waals surface area (Å²) in [6.45, 7) is 0. The summed E-state index contributed by atoms with van der Waals surface area (Å²) in [6, 6.07) is 22.6. The zero-order valence-electron chi connectivity index (χ0n) is 13.6. The molecule has 0 unspecified atom stereocenters. The summed E-state index contributed by atoms with van der Waals surface area (Å²) in [5.41, 5.74) is 3.08. The number of hydrogen-bond donors (Lipinski definition) is 1. The molecule has 0 saturated carbocycles. The molecule has 1 heterocycles. The standard InChI is InChI=1S/C20H16N2OS.BrH/c1-23-18-8-4-7-17(12-18)21-20-22-19(13-24-20)16-10-9-14-5-2-3-6-15(14)11-16;/h2-13H,1H3,(H,21,22);1H. The Bertz CT molecular complexity index is 1000. The Morgan fingerprint density at radius 2 is 1.76 bits per heavy atom. The van der Waals surface area contributed by atoms with E-state index in [0.717, 1.165) is 27.8 Å². The Kier molecular flexibility index (Phi) is 5.36. The van der Waals surface area contributed by atoms with E-state index in [0.29, 0.717) is 0 Å². The monoisotopic (exact) mass is 412 g/mol. The number of fused-ring (bicyclic) bond motifs is 1. The third-order valence-corrected chi connectivity index (χ3v) is 4.63. The van der Waals surface area contributed by atoms with E-state index >= 15 is 0 Å². The van der Waals surface area contributed by atoms with E-state index in [4.69, 9.17) is 9.72 Å². The maximum atomic E-state index is 5.25. The molecule has 5 heteroatoms. The number of benzene rings is 3. The van der Waals surface area contributed by atoms with E-state index in [9.17, 15) is 0 Å². The second-order valence-electron chi connectivity index (χ2n) is 5.46. The maximum absolute atomic E-state index is 5.25. The van der Waals surface area contributed by atoms with Crippen LogP contribution >= 0.6 is 28.3 Å². The zero-order chi connectivity index (χ0) is 16.4. The van der Waals surface area contributed by atoms with Gasteiger partial charge in [-0.05, 0) is 29.0 Å². The van der Waals surface area contributed by atoms with Gasteiger partial charge in [-0.25, -0.2) is 4.98 Å². The van der Waals surface area contributed by atoms with Crippen LogP contribution < -0.4 is 10.1 Å². The van der Waals surface area contributed by atoms with Crippen molar-refractivity contribution in [1.82, 2.24) is 4.98 Å². The Morgan fingerprint density at radius 1 is 0.920 bits per heavy atom. The van der Waals surface area contributed by atoms with Gasteiger partial charge in [0.15, 0.2) is 5.13 Å². The Morgan fingerprint density at radius 3 is 2.60 bits per heavy atom. The van der Waals surface area contributed by atoms with Crippen molar-refractivity contribution in [3.63, 3.8) is 0 Å². The molecule has 3 nitrogen and oxygen atoms in total. The largest absolute Gasteiger partial charge is 0.497 e. The molecule has 0 aliphatic heterocycles. The number of halogens is 1. The summed E-state index contributed by atoms with van der Waals surface area (Å²) in [5.74, 6) is 0.825. The lowest BCUT2D eigenvalue weighted by Gasteiger charge is -2.05. The van der Waals surface area contributed by atoms with Crippen LogP contribution in [0.15, 0.2) is 72.1 Å². The highest BCUT2D eigenvalue weighted by atomic mass is 79.9. The van der Waals surface area contributed by atoms with Crippen molar-refractivity contribution in [2.45, 2.75) is 0 Å². The molecule has 0 fully saturated rings. The van der Waals surface area contributed by atoms with E-state index in [1.165, 1.54) is 10.8 Å². The molecule has 0 aliphatic carbocycles. The number of rotatable bonds is 4. The average Bonchev–Trinajstić information content (AvgIpc) is 3.10. The minimum Gasteiger partial charge on any atom is -0.497 e. The number of methoxy groups -OCH3 is 1. The molecule has 0 aliphatic rings. The van der Waals surface area contributed by atoms with Gasteiger partial charge in [0.2, 0.25) is 0 Å². The molecule has 4 aromatic rings. The normalized spacial score (nSPS) is 10.3. The molecule has 0 amide bonds. The van der Waals surface area contributed by atoms with Crippen molar-refractivity contribution in [2.24, 2.45) is 0 Å². The molecule has 1 N–H and O–H groups in total. The fraction of sp³-hybridized carbons (Fsp3) is 0.0500. The van der Waals surface area contributed by atoms with Gasteiger partial charge in [-0.15, -0.1) is 28.3 Å². The molecule has 126 valence electrons. The summed E-state index contributed by atoms with van der Waals surface area (Å²) >= 11 is 1.60. The highest BCUT2D eigenvalue weighted by Crippen LogP contribution is 2.30. The number of thiazole rings is 1. The molecule has 3 aromatic carbocycles. The number of anilines is 2. The molecule has 0 atom stereocenters. The average molecular weight is 413 g/mol. The lowest BCUT2D eigenvalue weighted by Crippen LogP contribution is -1.90. The number of hydrogen-bond acceptors (Lipinski definition) is 4. The summed E-state index contributed by atoms with van der Waals surface area (Å²) in [7, 11) is 1.67. The molecule has 1 aromatic heterocycles. The summed E-state index contributed by atoms with van der Waals surface area (Å²) < 4.78 is 5.25. The molecule has 0 bridgehead atoms. The van der Waals surface area contributed by atoms with Crippen LogP contribution in [-0.2, 0) is 0 Å². The predicted molar refractivity (Wildman–Crippen MR) is 112 cm³/mol. The number of nitrogens with one attached hydrogen (secondary N) is 1.